The van der Waals surface area contributed by atoms with Gasteiger partial charge in [0.2, 0.25) is 0 Å². The van der Waals surface area contributed by atoms with E-state index in [4.69, 9.17) is 4.74 Å². The third-order valence-electron chi connectivity index (χ3n) is 6.25. The van der Waals surface area contributed by atoms with Crippen molar-refractivity contribution < 1.29 is 4.74 Å². The smallest absolute Gasteiger partial charge is 0.0726 e. The van der Waals surface area contributed by atoms with Crippen molar-refractivity contribution in [3.8, 4) is 0 Å². The van der Waals surface area contributed by atoms with Crippen LogP contribution in [0.1, 0.15) is 64.7 Å². The molecule has 2 unspecified atom stereocenters. The van der Waals surface area contributed by atoms with Crippen molar-refractivity contribution in [2.24, 2.45) is 5.41 Å². The molecule has 0 amide bonds. The number of piperidine rings is 1. The SMILES string of the molecule is CC(NCCN1CCC2(CCCCC2)CC1)C1CCCO1. The lowest BCUT2D eigenvalue weighted by molar-refractivity contribution is 0.0632. The molecule has 2 aliphatic heterocycles. The Hall–Kier alpha value is -0.120. The molecular weight excluding hydrogens is 260 g/mol. The average molecular weight is 294 g/mol. The summed E-state index contributed by atoms with van der Waals surface area (Å²) in [4.78, 5) is 2.68. The van der Waals surface area contributed by atoms with Crippen LogP contribution in [0.3, 0.4) is 0 Å². The van der Waals surface area contributed by atoms with Gasteiger partial charge >= 0.3 is 0 Å². The first-order chi connectivity index (χ1) is 10.3. The van der Waals surface area contributed by atoms with Crippen molar-refractivity contribution in [2.75, 3.05) is 32.8 Å². The Morgan fingerprint density at radius 2 is 1.86 bits per heavy atom. The first kappa shape index (κ1) is 15.8. The molecular formula is C18H34N2O. The van der Waals surface area contributed by atoms with Gasteiger partial charge in [0.15, 0.2) is 0 Å². The second-order valence-electron chi connectivity index (χ2n) is 7.70. The number of nitrogens with one attached hydrogen (secondary N) is 1. The van der Waals surface area contributed by atoms with E-state index in [0.29, 0.717) is 12.1 Å². The van der Waals surface area contributed by atoms with Crippen molar-refractivity contribution in [3.63, 3.8) is 0 Å². The minimum absolute atomic E-state index is 0.455. The normalized spacial score (nSPS) is 31.6. The monoisotopic (exact) mass is 294 g/mol. The summed E-state index contributed by atoms with van der Waals surface area (Å²) in [6.45, 7) is 8.24. The van der Waals surface area contributed by atoms with Crippen LogP contribution in [0.25, 0.3) is 0 Å². The van der Waals surface area contributed by atoms with Crippen molar-refractivity contribution in [3.05, 3.63) is 0 Å². The van der Waals surface area contributed by atoms with Crippen molar-refractivity contribution in [1.29, 1.82) is 0 Å². The summed E-state index contributed by atoms with van der Waals surface area (Å²) in [5.41, 5.74) is 0.743. The van der Waals surface area contributed by atoms with Gasteiger partial charge < -0.3 is 15.0 Å². The molecule has 1 aliphatic carbocycles. The molecule has 0 aromatic rings. The second-order valence-corrected chi connectivity index (χ2v) is 7.70. The summed E-state index contributed by atoms with van der Waals surface area (Å²) < 4.78 is 5.76. The number of hydrogen-bond acceptors (Lipinski definition) is 3. The molecule has 0 radical (unpaired) electrons. The van der Waals surface area contributed by atoms with E-state index in [9.17, 15) is 0 Å². The third-order valence-corrected chi connectivity index (χ3v) is 6.25. The minimum atomic E-state index is 0.455. The highest BCUT2D eigenvalue weighted by molar-refractivity contribution is 4.88. The van der Waals surface area contributed by atoms with E-state index in [2.05, 4.69) is 17.1 Å². The molecule has 0 aromatic carbocycles. The topological polar surface area (TPSA) is 24.5 Å². The van der Waals surface area contributed by atoms with Gasteiger partial charge in [-0.25, -0.2) is 0 Å². The molecule has 21 heavy (non-hydrogen) atoms. The van der Waals surface area contributed by atoms with Crippen LogP contribution >= 0.6 is 0 Å². The molecule has 3 nitrogen and oxygen atoms in total. The molecule has 0 bridgehead atoms. The summed E-state index contributed by atoms with van der Waals surface area (Å²) in [6.07, 6.45) is 13.3. The molecule has 122 valence electrons. The van der Waals surface area contributed by atoms with Crippen LogP contribution in [0.5, 0.6) is 0 Å². The fourth-order valence-corrected chi connectivity index (χ4v) is 4.63. The number of rotatable bonds is 5. The summed E-state index contributed by atoms with van der Waals surface area (Å²) in [6, 6.07) is 0.516. The largest absolute Gasteiger partial charge is 0.377 e. The maximum absolute atomic E-state index is 5.76. The lowest BCUT2D eigenvalue weighted by Gasteiger charge is -2.44. The molecule has 2 saturated heterocycles. The molecule has 1 spiro atoms. The standard InChI is InChI=1S/C18H34N2O/c1-16(17-6-5-15-21-17)19-11-14-20-12-9-18(10-13-20)7-3-2-4-8-18/h16-17,19H,2-15H2,1H3. The van der Waals surface area contributed by atoms with Crippen LogP contribution in [0, 0.1) is 5.41 Å². The Bertz CT molecular complexity index is 298. The Morgan fingerprint density at radius 1 is 1.10 bits per heavy atom. The molecule has 3 aliphatic rings. The molecule has 1 saturated carbocycles. The van der Waals surface area contributed by atoms with Gasteiger partial charge in [-0.1, -0.05) is 19.3 Å². The lowest BCUT2D eigenvalue weighted by Crippen LogP contribution is -2.45. The molecule has 2 atom stereocenters. The molecule has 3 fully saturated rings. The summed E-state index contributed by atoms with van der Waals surface area (Å²) in [5.74, 6) is 0. The van der Waals surface area contributed by atoms with E-state index in [1.54, 1.807) is 0 Å². The van der Waals surface area contributed by atoms with E-state index in [-0.39, 0.29) is 0 Å². The van der Waals surface area contributed by atoms with Crippen LogP contribution in [0.2, 0.25) is 0 Å². The van der Waals surface area contributed by atoms with Gasteiger partial charge in [0.05, 0.1) is 6.10 Å². The van der Waals surface area contributed by atoms with E-state index < -0.39 is 0 Å². The predicted molar refractivity (Wildman–Crippen MR) is 87.6 cm³/mol. The zero-order valence-corrected chi connectivity index (χ0v) is 13.9. The number of nitrogens with zero attached hydrogens (tertiary/aromatic N) is 1. The highest BCUT2D eigenvalue weighted by Gasteiger charge is 2.35. The summed E-state index contributed by atoms with van der Waals surface area (Å²) >= 11 is 0. The zero-order valence-electron chi connectivity index (χ0n) is 13.9. The second kappa shape index (κ2) is 7.43. The Morgan fingerprint density at radius 3 is 2.52 bits per heavy atom. The summed E-state index contributed by atoms with van der Waals surface area (Å²) in [5, 5.41) is 3.68. The van der Waals surface area contributed by atoms with Crippen LogP contribution in [0.15, 0.2) is 0 Å². The van der Waals surface area contributed by atoms with E-state index in [0.717, 1.165) is 18.6 Å². The van der Waals surface area contributed by atoms with Gasteiger partial charge in [0.1, 0.15) is 0 Å². The van der Waals surface area contributed by atoms with Crippen molar-refractivity contribution in [2.45, 2.75) is 76.9 Å². The number of ether oxygens (including phenoxy) is 1. The maximum atomic E-state index is 5.76. The summed E-state index contributed by atoms with van der Waals surface area (Å²) in [7, 11) is 0. The van der Waals surface area contributed by atoms with Gasteiger partial charge in [0.25, 0.3) is 0 Å². The maximum Gasteiger partial charge on any atom is 0.0726 e. The van der Waals surface area contributed by atoms with E-state index in [1.807, 2.05) is 0 Å². The molecule has 0 aromatic heterocycles. The quantitative estimate of drug-likeness (QED) is 0.843. The van der Waals surface area contributed by atoms with Gasteiger partial charge in [0, 0.05) is 25.7 Å². The van der Waals surface area contributed by atoms with E-state index >= 15 is 0 Å². The van der Waals surface area contributed by atoms with Gasteiger partial charge in [-0.05, 0) is 64.0 Å². The number of hydrogen-bond donors (Lipinski definition) is 1. The minimum Gasteiger partial charge on any atom is -0.377 e. The Balaban J connectivity index is 1.32. The van der Waals surface area contributed by atoms with Crippen LogP contribution in [-0.2, 0) is 4.74 Å². The van der Waals surface area contributed by atoms with Gasteiger partial charge in [-0.15, -0.1) is 0 Å². The zero-order chi connectivity index (χ0) is 14.5. The first-order valence-corrected chi connectivity index (χ1v) is 9.35. The Labute approximate surface area is 130 Å². The molecule has 3 rings (SSSR count). The number of likely N-dealkylation sites (tertiary alicyclic amines) is 1. The van der Waals surface area contributed by atoms with Crippen LogP contribution in [0.4, 0.5) is 0 Å². The highest BCUT2D eigenvalue weighted by Crippen LogP contribution is 2.44. The fraction of sp³-hybridized carbons (Fsp3) is 1.00. The molecule has 2 heterocycles. The van der Waals surface area contributed by atoms with Crippen LogP contribution in [-0.4, -0.2) is 49.8 Å². The predicted octanol–water partition coefficient (Wildman–Crippen LogP) is 3.19. The highest BCUT2D eigenvalue weighted by atomic mass is 16.5. The third kappa shape index (κ3) is 4.20. The first-order valence-electron chi connectivity index (χ1n) is 9.35. The fourth-order valence-electron chi connectivity index (χ4n) is 4.63. The average Bonchev–Trinajstić information content (AvgIpc) is 3.05. The lowest BCUT2D eigenvalue weighted by atomic mass is 9.68. The van der Waals surface area contributed by atoms with E-state index in [1.165, 1.54) is 77.4 Å². The van der Waals surface area contributed by atoms with Gasteiger partial charge in [-0.2, -0.15) is 0 Å². The van der Waals surface area contributed by atoms with Crippen molar-refractivity contribution in [1.82, 2.24) is 10.2 Å². The molecule has 3 heteroatoms. The van der Waals surface area contributed by atoms with Crippen molar-refractivity contribution >= 4 is 0 Å². The van der Waals surface area contributed by atoms with Gasteiger partial charge in [-0.3, -0.25) is 0 Å². The molecule has 1 N–H and O–H groups in total. The van der Waals surface area contributed by atoms with Crippen LogP contribution < -0.4 is 5.32 Å². The Kier molecular flexibility index (Phi) is 5.58.